The van der Waals surface area contributed by atoms with Crippen molar-refractivity contribution >= 4 is 17.6 Å². The minimum absolute atomic E-state index is 0.481. The van der Waals surface area contributed by atoms with Crippen LogP contribution in [0.5, 0.6) is 0 Å². The maximum absolute atomic E-state index is 10.8. The molecular formula is C11H13ClO2. The average molecular weight is 213 g/mol. The van der Waals surface area contributed by atoms with Crippen molar-refractivity contribution in [1.29, 1.82) is 0 Å². The monoisotopic (exact) mass is 212 g/mol. The van der Waals surface area contributed by atoms with Gasteiger partial charge in [-0.1, -0.05) is 17.7 Å². The van der Waals surface area contributed by atoms with Crippen molar-refractivity contribution in [3.63, 3.8) is 0 Å². The Morgan fingerprint density at radius 1 is 1.36 bits per heavy atom. The number of carbonyl (C=O) groups is 1. The number of hydrogen-bond acceptors (Lipinski definition) is 1. The third-order valence-corrected chi connectivity index (χ3v) is 2.79. The van der Waals surface area contributed by atoms with Crippen LogP contribution in [-0.4, -0.2) is 11.1 Å². The van der Waals surface area contributed by atoms with E-state index in [9.17, 15) is 4.79 Å². The summed E-state index contributed by atoms with van der Waals surface area (Å²) >= 11 is 5.92. The van der Waals surface area contributed by atoms with Crippen molar-refractivity contribution in [1.82, 2.24) is 0 Å². The predicted octanol–water partition coefficient (Wildman–Crippen LogP) is 3.14. The topological polar surface area (TPSA) is 37.3 Å². The molecule has 0 aliphatic rings. The lowest BCUT2D eigenvalue weighted by Gasteiger charge is -2.12. The van der Waals surface area contributed by atoms with Gasteiger partial charge in [0.25, 0.3) is 0 Å². The van der Waals surface area contributed by atoms with Crippen molar-refractivity contribution in [3.05, 3.63) is 33.8 Å². The first kappa shape index (κ1) is 11.1. The van der Waals surface area contributed by atoms with Crippen molar-refractivity contribution in [2.45, 2.75) is 26.7 Å². The Kier molecular flexibility index (Phi) is 3.17. The van der Waals surface area contributed by atoms with E-state index in [-0.39, 0.29) is 0 Å². The minimum atomic E-state index is -0.810. The first-order chi connectivity index (χ1) is 6.43. The molecular weight excluding hydrogens is 200 g/mol. The Morgan fingerprint density at radius 3 is 2.43 bits per heavy atom. The summed E-state index contributed by atoms with van der Waals surface area (Å²) in [6.07, 6.45) is 0. The molecule has 0 aromatic heterocycles. The van der Waals surface area contributed by atoms with Crippen LogP contribution in [0.1, 0.15) is 29.5 Å². The quantitative estimate of drug-likeness (QED) is 0.818. The zero-order chi connectivity index (χ0) is 10.9. The maximum atomic E-state index is 10.8. The largest absolute Gasteiger partial charge is 0.481 e. The zero-order valence-corrected chi connectivity index (χ0v) is 9.22. The van der Waals surface area contributed by atoms with Gasteiger partial charge in [0.1, 0.15) is 0 Å². The summed E-state index contributed by atoms with van der Waals surface area (Å²) in [5.74, 6) is -1.29. The Bertz CT molecular complexity index is 372. The number of benzene rings is 1. The van der Waals surface area contributed by atoms with Gasteiger partial charge < -0.3 is 5.11 Å². The summed E-state index contributed by atoms with van der Waals surface area (Å²) in [4.78, 5) is 10.8. The maximum Gasteiger partial charge on any atom is 0.310 e. The summed E-state index contributed by atoms with van der Waals surface area (Å²) in [5.41, 5.74) is 2.68. The van der Waals surface area contributed by atoms with Gasteiger partial charge in [0.05, 0.1) is 5.92 Å². The molecule has 0 radical (unpaired) electrons. The van der Waals surface area contributed by atoms with E-state index in [0.29, 0.717) is 5.02 Å². The van der Waals surface area contributed by atoms with Crippen LogP contribution in [0.4, 0.5) is 0 Å². The molecule has 3 heteroatoms. The number of carboxylic acids is 1. The van der Waals surface area contributed by atoms with E-state index in [4.69, 9.17) is 16.7 Å². The molecule has 1 rings (SSSR count). The first-order valence-corrected chi connectivity index (χ1v) is 4.80. The van der Waals surface area contributed by atoms with Crippen LogP contribution >= 0.6 is 11.6 Å². The lowest BCUT2D eigenvalue weighted by Crippen LogP contribution is -2.09. The fraction of sp³-hybridized carbons (Fsp3) is 0.364. The number of hydrogen-bond donors (Lipinski definition) is 1. The summed E-state index contributed by atoms with van der Waals surface area (Å²) in [7, 11) is 0. The van der Waals surface area contributed by atoms with E-state index in [1.807, 2.05) is 26.0 Å². The number of aryl methyl sites for hydroxylation is 2. The molecule has 0 fully saturated rings. The number of rotatable bonds is 2. The van der Waals surface area contributed by atoms with Crippen LogP contribution in [0, 0.1) is 13.8 Å². The molecule has 0 aliphatic heterocycles. The highest BCUT2D eigenvalue weighted by Gasteiger charge is 2.16. The van der Waals surface area contributed by atoms with E-state index in [1.54, 1.807) is 6.92 Å². The van der Waals surface area contributed by atoms with Gasteiger partial charge in [-0.15, -0.1) is 0 Å². The number of aliphatic carboxylic acids is 1. The highest BCUT2D eigenvalue weighted by atomic mass is 35.5. The second-order valence-corrected chi connectivity index (χ2v) is 3.93. The van der Waals surface area contributed by atoms with E-state index in [0.717, 1.165) is 16.7 Å². The summed E-state index contributed by atoms with van der Waals surface area (Å²) in [5, 5.41) is 9.57. The van der Waals surface area contributed by atoms with Crippen molar-refractivity contribution < 1.29 is 9.90 Å². The molecule has 2 nitrogen and oxygen atoms in total. The van der Waals surface area contributed by atoms with Crippen LogP contribution in [0.15, 0.2) is 12.1 Å². The van der Waals surface area contributed by atoms with Crippen LogP contribution in [-0.2, 0) is 4.79 Å². The van der Waals surface area contributed by atoms with Gasteiger partial charge in [-0.05, 0) is 43.5 Å². The molecule has 0 amide bonds. The van der Waals surface area contributed by atoms with Gasteiger partial charge in [-0.3, -0.25) is 4.79 Å². The molecule has 1 aromatic carbocycles. The van der Waals surface area contributed by atoms with Crippen LogP contribution in [0.25, 0.3) is 0 Å². The van der Waals surface area contributed by atoms with E-state index in [1.165, 1.54) is 0 Å². The molecule has 14 heavy (non-hydrogen) atoms. The molecule has 1 unspecified atom stereocenters. The Balaban J connectivity index is 3.22. The minimum Gasteiger partial charge on any atom is -0.481 e. The first-order valence-electron chi connectivity index (χ1n) is 4.43. The molecule has 76 valence electrons. The average Bonchev–Trinajstić information content (AvgIpc) is 2.10. The fourth-order valence-corrected chi connectivity index (χ4v) is 1.62. The zero-order valence-electron chi connectivity index (χ0n) is 8.47. The molecule has 1 aromatic rings. The van der Waals surface area contributed by atoms with Crippen molar-refractivity contribution in [2.24, 2.45) is 0 Å². The standard InChI is InChI=1S/C11H13ClO2/c1-6-5-10(12)7(2)4-9(6)8(3)11(13)14/h4-5,8H,1-3H3,(H,13,14). The highest BCUT2D eigenvalue weighted by Crippen LogP contribution is 2.26. The molecule has 0 bridgehead atoms. The van der Waals surface area contributed by atoms with E-state index in [2.05, 4.69) is 0 Å². The van der Waals surface area contributed by atoms with Gasteiger partial charge in [0.2, 0.25) is 0 Å². The van der Waals surface area contributed by atoms with Crippen molar-refractivity contribution in [3.8, 4) is 0 Å². The summed E-state index contributed by atoms with van der Waals surface area (Å²) < 4.78 is 0. The molecule has 1 N–H and O–H groups in total. The molecule has 0 saturated heterocycles. The van der Waals surface area contributed by atoms with Crippen LogP contribution < -0.4 is 0 Å². The number of halogens is 1. The summed E-state index contributed by atoms with van der Waals surface area (Å²) in [6, 6.07) is 3.65. The second kappa shape index (κ2) is 4.01. The molecule has 0 aliphatic carbocycles. The van der Waals surface area contributed by atoms with Crippen LogP contribution in [0.2, 0.25) is 5.02 Å². The normalized spacial score (nSPS) is 12.6. The predicted molar refractivity (Wildman–Crippen MR) is 57.0 cm³/mol. The third-order valence-electron chi connectivity index (χ3n) is 2.38. The van der Waals surface area contributed by atoms with Crippen molar-refractivity contribution in [2.75, 3.05) is 0 Å². The van der Waals surface area contributed by atoms with Crippen LogP contribution in [0.3, 0.4) is 0 Å². The smallest absolute Gasteiger partial charge is 0.310 e. The lowest BCUT2D eigenvalue weighted by atomic mass is 9.95. The Hall–Kier alpha value is -1.02. The van der Waals surface area contributed by atoms with E-state index >= 15 is 0 Å². The fourth-order valence-electron chi connectivity index (χ4n) is 1.40. The van der Waals surface area contributed by atoms with Gasteiger partial charge in [0, 0.05) is 5.02 Å². The van der Waals surface area contributed by atoms with Gasteiger partial charge in [-0.25, -0.2) is 0 Å². The van der Waals surface area contributed by atoms with Gasteiger partial charge in [-0.2, -0.15) is 0 Å². The molecule has 0 spiro atoms. The lowest BCUT2D eigenvalue weighted by molar-refractivity contribution is -0.138. The highest BCUT2D eigenvalue weighted by molar-refractivity contribution is 6.31. The number of carboxylic acid groups (broad SMARTS) is 1. The van der Waals surface area contributed by atoms with E-state index < -0.39 is 11.9 Å². The molecule has 0 saturated carbocycles. The third kappa shape index (κ3) is 2.07. The Labute approximate surface area is 88.5 Å². The van der Waals surface area contributed by atoms with Gasteiger partial charge in [0.15, 0.2) is 0 Å². The SMILES string of the molecule is Cc1cc(C(C)C(=O)O)c(C)cc1Cl. The second-order valence-electron chi connectivity index (χ2n) is 3.52. The Morgan fingerprint density at radius 2 is 1.93 bits per heavy atom. The molecule has 0 heterocycles. The molecule has 1 atom stereocenters. The van der Waals surface area contributed by atoms with Gasteiger partial charge >= 0.3 is 5.97 Å². The summed E-state index contributed by atoms with van der Waals surface area (Å²) in [6.45, 7) is 5.43.